The Labute approximate surface area is 219 Å². The first-order valence-corrected chi connectivity index (χ1v) is 15.1. The molecule has 192 valence electrons. The molecule has 0 aliphatic carbocycles. The molecule has 3 N–H and O–H groups in total. The van der Waals surface area contributed by atoms with Crippen LogP contribution in [0.3, 0.4) is 0 Å². The molecule has 2 aromatic carbocycles. The number of hydrogen-bond acceptors (Lipinski definition) is 8. The van der Waals surface area contributed by atoms with Crippen molar-refractivity contribution >= 4 is 34.3 Å². The van der Waals surface area contributed by atoms with Crippen molar-refractivity contribution in [3.05, 3.63) is 97.1 Å². The van der Waals surface area contributed by atoms with E-state index in [2.05, 4.69) is 15.3 Å². The first-order chi connectivity index (χ1) is 18.2. The predicted molar refractivity (Wildman–Crippen MR) is 146 cm³/mol. The van der Waals surface area contributed by atoms with E-state index < -0.39 is 17.5 Å². The van der Waals surface area contributed by atoms with E-state index in [-0.39, 0.29) is 10.7 Å². The van der Waals surface area contributed by atoms with Gasteiger partial charge in [0, 0.05) is 30.8 Å². The molecule has 1 unspecified atom stereocenters. The smallest absolute Gasteiger partial charge is 0.277 e. The van der Waals surface area contributed by atoms with Gasteiger partial charge in [0.1, 0.15) is 10.7 Å². The fourth-order valence-electron chi connectivity index (χ4n) is 3.94. The molecule has 0 bridgehead atoms. The zero-order valence-electron chi connectivity index (χ0n) is 20.2. The van der Waals surface area contributed by atoms with Crippen LogP contribution in [-0.4, -0.2) is 39.9 Å². The maximum Gasteiger partial charge on any atom is 0.277 e. The minimum absolute atomic E-state index is 0.236. The van der Waals surface area contributed by atoms with Crippen LogP contribution in [0.15, 0.2) is 96.3 Å². The van der Waals surface area contributed by atoms with Crippen LogP contribution in [-0.2, 0) is 21.1 Å². The molecule has 0 radical (unpaired) electrons. The highest BCUT2D eigenvalue weighted by molar-refractivity contribution is 7.95. The lowest BCUT2D eigenvalue weighted by atomic mass is 10.0. The molecule has 0 saturated heterocycles. The van der Waals surface area contributed by atoms with Crippen molar-refractivity contribution in [3.8, 4) is 22.5 Å². The van der Waals surface area contributed by atoms with Gasteiger partial charge in [-0.1, -0.05) is 48.5 Å². The molecule has 10 nitrogen and oxygen atoms in total. The van der Waals surface area contributed by atoms with E-state index in [4.69, 9.17) is 9.97 Å². The predicted octanol–water partition coefficient (Wildman–Crippen LogP) is 4.46. The summed E-state index contributed by atoms with van der Waals surface area (Å²) in [5.74, 6) is 0.773. The van der Waals surface area contributed by atoms with Crippen molar-refractivity contribution in [2.45, 2.75) is 11.4 Å². The van der Waals surface area contributed by atoms with E-state index >= 15 is 0 Å². The number of rotatable bonds is 8. The highest BCUT2D eigenvalue weighted by Crippen LogP contribution is 2.35. The highest BCUT2D eigenvalue weighted by Gasteiger charge is 2.24. The van der Waals surface area contributed by atoms with Crippen LogP contribution in [0.1, 0.15) is 5.69 Å². The normalized spacial score (nSPS) is 13.2. The SMILES string of the molecule is CP(=O)(O)NS(=O)(=O)c1cncc(-c2nc(NCc3ccccn3)c3c(-c4ccccc4)cccc3n2)c1. The van der Waals surface area contributed by atoms with Gasteiger partial charge in [-0.15, -0.1) is 4.49 Å². The number of sulfonamides is 1. The molecule has 38 heavy (non-hydrogen) atoms. The quantitative estimate of drug-likeness (QED) is 0.240. The standard InChI is InChI=1S/C26H23N6O4PS/c1-37(33,34)32-38(35,36)21-14-19(15-27-17-21)25-30-23-12-7-11-22(18-8-3-2-4-9-18)24(23)26(31-25)29-16-20-10-5-6-13-28-20/h2-15,17H,16H2,1H3,(H,29,30,31)(H2,32,33,34). The zero-order chi connectivity index (χ0) is 26.8. The maximum absolute atomic E-state index is 12.6. The van der Waals surface area contributed by atoms with Crippen LogP contribution in [0.4, 0.5) is 5.82 Å². The third-order valence-electron chi connectivity index (χ3n) is 5.54. The van der Waals surface area contributed by atoms with Crippen molar-refractivity contribution in [3.63, 3.8) is 0 Å². The molecule has 0 aliphatic heterocycles. The van der Waals surface area contributed by atoms with Gasteiger partial charge in [0.05, 0.1) is 23.1 Å². The number of pyridine rings is 2. The Morgan fingerprint density at radius 3 is 2.45 bits per heavy atom. The second-order valence-electron chi connectivity index (χ2n) is 8.52. The average molecular weight is 547 g/mol. The van der Waals surface area contributed by atoms with E-state index in [0.29, 0.717) is 23.4 Å². The van der Waals surface area contributed by atoms with Crippen LogP contribution in [0.5, 0.6) is 0 Å². The van der Waals surface area contributed by atoms with Gasteiger partial charge in [-0.2, -0.15) is 0 Å². The summed E-state index contributed by atoms with van der Waals surface area (Å²) in [6.45, 7) is 1.30. The Kier molecular flexibility index (Phi) is 7.00. The van der Waals surface area contributed by atoms with Gasteiger partial charge in [-0.05, 0) is 35.4 Å². The molecule has 0 aliphatic rings. The lowest BCUT2D eigenvalue weighted by molar-refractivity contribution is 0.479. The molecule has 3 heterocycles. The number of fused-ring (bicyclic) bond motifs is 1. The highest BCUT2D eigenvalue weighted by atomic mass is 32.2. The van der Waals surface area contributed by atoms with Crippen LogP contribution in [0.25, 0.3) is 33.4 Å². The topological polar surface area (TPSA) is 147 Å². The fourth-order valence-corrected chi connectivity index (χ4v) is 6.63. The van der Waals surface area contributed by atoms with E-state index in [0.717, 1.165) is 35.1 Å². The van der Waals surface area contributed by atoms with Gasteiger partial charge >= 0.3 is 0 Å². The summed E-state index contributed by atoms with van der Waals surface area (Å²) in [5, 5.41) is 4.16. The summed E-state index contributed by atoms with van der Waals surface area (Å²) in [6.07, 6.45) is 4.24. The van der Waals surface area contributed by atoms with Crippen molar-refractivity contribution in [2.24, 2.45) is 0 Å². The maximum atomic E-state index is 12.6. The lowest BCUT2D eigenvalue weighted by Crippen LogP contribution is -2.20. The Morgan fingerprint density at radius 2 is 1.71 bits per heavy atom. The summed E-state index contributed by atoms with van der Waals surface area (Å²) in [7, 11) is -8.36. The molecule has 5 aromatic rings. The number of nitrogens with zero attached hydrogens (tertiary/aromatic N) is 4. The molecular weight excluding hydrogens is 523 g/mol. The van der Waals surface area contributed by atoms with E-state index in [1.165, 1.54) is 12.3 Å². The average Bonchev–Trinajstić information content (AvgIpc) is 2.91. The van der Waals surface area contributed by atoms with Gasteiger partial charge in [0.2, 0.25) is 10.0 Å². The minimum Gasteiger partial charge on any atom is -0.364 e. The molecule has 0 fully saturated rings. The largest absolute Gasteiger partial charge is 0.364 e. The Hall–Kier alpha value is -4.02. The van der Waals surface area contributed by atoms with Crippen molar-refractivity contribution < 1.29 is 17.9 Å². The first kappa shape index (κ1) is 25.6. The summed E-state index contributed by atoms with van der Waals surface area (Å²) < 4.78 is 38.7. The van der Waals surface area contributed by atoms with Crippen LogP contribution < -0.4 is 9.81 Å². The summed E-state index contributed by atoms with van der Waals surface area (Å²) >= 11 is 0. The molecule has 0 spiro atoms. The monoisotopic (exact) mass is 546 g/mol. The molecule has 1 atom stereocenters. The summed E-state index contributed by atoms with van der Waals surface area (Å²) in [5.41, 5.74) is 3.69. The molecular formula is C26H23N6O4PS. The van der Waals surface area contributed by atoms with Crippen molar-refractivity contribution in [2.75, 3.05) is 12.0 Å². The van der Waals surface area contributed by atoms with Gasteiger partial charge in [-0.3, -0.25) is 14.5 Å². The number of benzene rings is 2. The van der Waals surface area contributed by atoms with Crippen molar-refractivity contribution in [1.82, 2.24) is 24.4 Å². The van der Waals surface area contributed by atoms with Gasteiger partial charge in [-0.25, -0.2) is 18.4 Å². The van der Waals surface area contributed by atoms with Gasteiger partial charge in [0.25, 0.3) is 7.52 Å². The summed E-state index contributed by atoms with van der Waals surface area (Å²) in [4.78, 5) is 27.1. The van der Waals surface area contributed by atoms with Gasteiger partial charge < -0.3 is 10.2 Å². The molecule has 12 heteroatoms. The molecule has 0 saturated carbocycles. The second-order valence-corrected chi connectivity index (χ2v) is 12.5. The number of anilines is 1. The Balaban J connectivity index is 1.65. The molecule has 3 aromatic heterocycles. The van der Waals surface area contributed by atoms with Crippen LogP contribution >= 0.6 is 7.52 Å². The van der Waals surface area contributed by atoms with Crippen LogP contribution in [0, 0.1) is 0 Å². The zero-order valence-corrected chi connectivity index (χ0v) is 21.9. The van der Waals surface area contributed by atoms with E-state index in [1.807, 2.05) is 66.7 Å². The Morgan fingerprint density at radius 1 is 0.921 bits per heavy atom. The van der Waals surface area contributed by atoms with Crippen LogP contribution in [0.2, 0.25) is 0 Å². The molecule has 0 amide bonds. The Bertz CT molecular complexity index is 1760. The van der Waals surface area contributed by atoms with Crippen molar-refractivity contribution in [1.29, 1.82) is 0 Å². The lowest BCUT2D eigenvalue weighted by Gasteiger charge is -2.15. The molecule has 5 rings (SSSR count). The number of hydrogen-bond donors (Lipinski definition) is 3. The minimum atomic E-state index is -4.30. The second kappa shape index (κ2) is 10.4. The third kappa shape index (κ3) is 5.76. The number of aromatic nitrogens is 4. The fraction of sp³-hybridized carbons (Fsp3) is 0.0769. The van der Waals surface area contributed by atoms with E-state index in [1.54, 1.807) is 10.7 Å². The van der Waals surface area contributed by atoms with Gasteiger partial charge in [0.15, 0.2) is 5.82 Å². The summed E-state index contributed by atoms with van der Waals surface area (Å²) in [6, 6.07) is 22.6. The van der Waals surface area contributed by atoms with E-state index in [9.17, 15) is 17.9 Å². The third-order valence-corrected chi connectivity index (χ3v) is 8.70. The first-order valence-electron chi connectivity index (χ1n) is 11.5. The number of nitrogens with one attached hydrogen (secondary N) is 2.